The third-order valence-electron chi connectivity index (χ3n) is 2.95. The molecule has 1 N–H and O–H groups in total. The molecule has 3 nitrogen and oxygen atoms in total. The number of methoxy groups -OCH3 is 1. The van der Waals surface area contributed by atoms with Crippen LogP contribution in [0.2, 0.25) is 0 Å². The molecule has 0 saturated carbocycles. The quantitative estimate of drug-likeness (QED) is 0.550. The summed E-state index contributed by atoms with van der Waals surface area (Å²) in [7, 11) is 3.95. The zero-order valence-corrected chi connectivity index (χ0v) is 11.6. The number of hydrogen-bond acceptors (Lipinski definition) is 3. The second-order valence-corrected chi connectivity index (χ2v) is 4.60. The first kappa shape index (κ1) is 15.9. The van der Waals surface area contributed by atoms with E-state index in [1.165, 1.54) is 38.8 Å². The van der Waals surface area contributed by atoms with Crippen LogP contribution in [0.5, 0.6) is 0 Å². The molecule has 1 atom stereocenters. The molecule has 0 fully saturated rings. The van der Waals surface area contributed by atoms with E-state index in [4.69, 9.17) is 4.74 Å². The zero-order valence-electron chi connectivity index (χ0n) is 11.6. The Morgan fingerprint density at radius 2 is 1.94 bits per heavy atom. The van der Waals surface area contributed by atoms with Crippen LogP contribution in [0.1, 0.15) is 39.5 Å². The third kappa shape index (κ3) is 9.13. The second kappa shape index (κ2) is 11.4. The molecule has 98 valence electrons. The Kier molecular flexibility index (Phi) is 11.3. The van der Waals surface area contributed by atoms with Crippen LogP contribution < -0.4 is 5.32 Å². The topological polar surface area (TPSA) is 24.5 Å². The first-order valence-corrected chi connectivity index (χ1v) is 6.62. The van der Waals surface area contributed by atoms with E-state index in [2.05, 4.69) is 31.1 Å². The summed E-state index contributed by atoms with van der Waals surface area (Å²) in [4.78, 5) is 2.38. The van der Waals surface area contributed by atoms with Gasteiger partial charge in [0.2, 0.25) is 0 Å². The van der Waals surface area contributed by atoms with Crippen molar-refractivity contribution in [3.05, 3.63) is 0 Å². The SMILES string of the molecule is CCCNCCCCCN(C)C(C)COC. The second-order valence-electron chi connectivity index (χ2n) is 4.60. The maximum Gasteiger partial charge on any atom is 0.0615 e. The predicted octanol–water partition coefficient (Wildman–Crippen LogP) is 2.12. The van der Waals surface area contributed by atoms with Crippen LogP contribution in [0.15, 0.2) is 0 Å². The average Bonchev–Trinajstić information content (AvgIpc) is 2.28. The fourth-order valence-electron chi connectivity index (χ4n) is 1.68. The van der Waals surface area contributed by atoms with Gasteiger partial charge in [0.25, 0.3) is 0 Å². The van der Waals surface area contributed by atoms with E-state index in [0.29, 0.717) is 6.04 Å². The summed E-state index contributed by atoms with van der Waals surface area (Å²) in [5.41, 5.74) is 0. The van der Waals surface area contributed by atoms with Gasteiger partial charge in [-0.25, -0.2) is 0 Å². The van der Waals surface area contributed by atoms with Gasteiger partial charge >= 0.3 is 0 Å². The van der Waals surface area contributed by atoms with Gasteiger partial charge in [0.05, 0.1) is 6.61 Å². The van der Waals surface area contributed by atoms with Gasteiger partial charge in [-0.2, -0.15) is 0 Å². The molecule has 0 bridgehead atoms. The van der Waals surface area contributed by atoms with Crippen LogP contribution in [-0.4, -0.2) is 51.3 Å². The van der Waals surface area contributed by atoms with Gasteiger partial charge in [0.1, 0.15) is 0 Å². The van der Waals surface area contributed by atoms with E-state index < -0.39 is 0 Å². The van der Waals surface area contributed by atoms with Crippen LogP contribution in [-0.2, 0) is 4.74 Å². The van der Waals surface area contributed by atoms with Crippen LogP contribution in [0.25, 0.3) is 0 Å². The lowest BCUT2D eigenvalue weighted by atomic mass is 10.2. The Labute approximate surface area is 102 Å². The van der Waals surface area contributed by atoms with Gasteiger partial charge in [0, 0.05) is 13.2 Å². The van der Waals surface area contributed by atoms with Crippen molar-refractivity contribution in [1.29, 1.82) is 0 Å². The number of likely N-dealkylation sites (N-methyl/N-ethyl adjacent to an activating group) is 1. The molecule has 0 heterocycles. The molecule has 0 aromatic heterocycles. The van der Waals surface area contributed by atoms with Crippen molar-refractivity contribution < 1.29 is 4.74 Å². The van der Waals surface area contributed by atoms with Crippen molar-refractivity contribution in [3.63, 3.8) is 0 Å². The first-order chi connectivity index (χ1) is 7.72. The van der Waals surface area contributed by atoms with E-state index >= 15 is 0 Å². The maximum absolute atomic E-state index is 5.14. The third-order valence-corrected chi connectivity index (χ3v) is 2.95. The Morgan fingerprint density at radius 3 is 2.56 bits per heavy atom. The lowest BCUT2D eigenvalue weighted by Crippen LogP contribution is -2.33. The Morgan fingerprint density at radius 1 is 1.19 bits per heavy atom. The number of ether oxygens (including phenoxy) is 1. The molecular formula is C13H30N2O. The van der Waals surface area contributed by atoms with Crippen LogP contribution in [0.4, 0.5) is 0 Å². The first-order valence-electron chi connectivity index (χ1n) is 6.62. The zero-order chi connectivity index (χ0) is 12.2. The molecule has 3 heteroatoms. The minimum atomic E-state index is 0.531. The van der Waals surface area contributed by atoms with Gasteiger partial charge < -0.3 is 15.0 Å². The van der Waals surface area contributed by atoms with Crippen LogP contribution in [0.3, 0.4) is 0 Å². The largest absolute Gasteiger partial charge is 0.383 e. The number of nitrogens with zero attached hydrogens (tertiary/aromatic N) is 1. The molecule has 16 heavy (non-hydrogen) atoms. The predicted molar refractivity (Wildman–Crippen MR) is 71.0 cm³/mol. The van der Waals surface area contributed by atoms with Gasteiger partial charge in [-0.1, -0.05) is 13.3 Å². The fourth-order valence-corrected chi connectivity index (χ4v) is 1.68. The molecule has 0 rings (SSSR count). The molecule has 0 aliphatic rings. The van der Waals surface area contributed by atoms with Crippen molar-refractivity contribution in [1.82, 2.24) is 10.2 Å². The normalized spacial score (nSPS) is 13.3. The Bertz CT molecular complexity index is 142. The van der Waals surface area contributed by atoms with Gasteiger partial charge in [0.15, 0.2) is 0 Å². The number of hydrogen-bond donors (Lipinski definition) is 1. The molecule has 0 spiro atoms. The minimum absolute atomic E-state index is 0.531. The van der Waals surface area contributed by atoms with Gasteiger partial charge in [-0.3, -0.25) is 0 Å². The number of unbranched alkanes of at least 4 members (excludes halogenated alkanes) is 2. The lowest BCUT2D eigenvalue weighted by molar-refractivity contribution is 0.114. The van der Waals surface area contributed by atoms with Crippen molar-refractivity contribution in [2.75, 3.05) is 40.4 Å². The molecule has 0 aromatic rings. The van der Waals surface area contributed by atoms with Gasteiger partial charge in [-0.15, -0.1) is 0 Å². The highest BCUT2D eigenvalue weighted by Gasteiger charge is 2.07. The Hall–Kier alpha value is -0.120. The fraction of sp³-hybridized carbons (Fsp3) is 1.00. The molecule has 1 unspecified atom stereocenters. The number of rotatable bonds is 11. The molecule has 0 radical (unpaired) electrons. The van der Waals surface area contributed by atoms with E-state index in [9.17, 15) is 0 Å². The summed E-state index contributed by atoms with van der Waals surface area (Å²) in [6.07, 6.45) is 5.14. The molecular weight excluding hydrogens is 200 g/mol. The summed E-state index contributed by atoms with van der Waals surface area (Å²) < 4.78 is 5.14. The molecule has 0 aromatic carbocycles. The molecule has 0 aliphatic heterocycles. The minimum Gasteiger partial charge on any atom is -0.383 e. The van der Waals surface area contributed by atoms with E-state index in [1.807, 2.05) is 0 Å². The maximum atomic E-state index is 5.14. The summed E-state index contributed by atoms with van der Waals surface area (Å²) in [6.45, 7) is 8.76. The van der Waals surface area contributed by atoms with Crippen molar-refractivity contribution in [2.45, 2.75) is 45.6 Å². The summed E-state index contributed by atoms with van der Waals surface area (Å²) in [5.74, 6) is 0. The monoisotopic (exact) mass is 230 g/mol. The standard InChI is InChI=1S/C13H30N2O/c1-5-9-14-10-7-6-8-11-15(3)13(2)12-16-4/h13-14H,5-12H2,1-4H3. The van der Waals surface area contributed by atoms with Crippen LogP contribution >= 0.6 is 0 Å². The van der Waals surface area contributed by atoms with E-state index in [1.54, 1.807) is 7.11 Å². The number of nitrogens with one attached hydrogen (secondary N) is 1. The summed E-state index contributed by atoms with van der Waals surface area (Å²) in [5, 5.41) is 3.43. The van der Waals surface area contributed by atoms with Crippen molar-refractivity contribution >= 4 is 0 Å². The highest BCUT2D eigenvalue weighted by molar-refractivity contribution is 4.62. The summed E-state index contributed by atoms with van der Waals surface area (Å²) in [6, 6.07) is 0.531. The highest BCUT2D eigenvalue weighted by Crippen LogP contribution is 2.01. The molecule has 0 aliphatic carbocycles. The van der Waals surface area contributed by atoms with Gasteiger partial charge in [-0.05, 0) is 52.9 Å². The van der Waals surface area contributed by atoms with Crippen molar-refractivity contribution in [2.24, 2.45) is 0 Å². The average molecular weight is 230 g/mol. The van der Waals surface area contributed by atoms with E-state index in [-0.39, 0.29) is 0 Å². The van der Waals surface area contributed by atoms with E-state index in [0.717, 1.165) is 13.2 Å². The highest BCUT2D eigenvalue weighted by atomic mass is 16.5. The Balaban J connectivity index is 3.23. The van der Waals surface area contributed by atoms with Crippen LogP contribution in [0, 0.1) is 0 Å². The lowest BCUT2D eigenvalue weighted by Gasteiger charge is -2.23. The smallest absolute Gasteiger partial charge is 0.0615 e. The molecule has 0 saturated heterocycles. The molecule has 0 amide bonds. The van der Waals surface area contributed by atoms with Crippen molar-refractivity contribution in [3.8, 4) is 0 Å². The summed E-state index contributed by atoms with van der Waals surface area (Å²) >= 11 is 0.